The zero-order chi connectivity index (χ0) is 18.7. The molecule has 1 amide bonds. The van der Waals surface area contributed by atoms with Crippen molar-refractivity contribution in [1.29, 1.82) is 0 Å². The second-order valence-corrected chi connectivity index (χ2v) is 6.49. The summed E-state index contributed by atoms with van der Waals surface area (Å²) in [6.45, 7) is 0.513. The molecule has 0 spiro atoms. The molecule has 2 heterocycles. The predicted octanol–water partition coefficient (Wildman–Crippen LogP) is 4.80. The van der Waals surface area contributed by atoms with Crippen molar-refractivity contribution in [2.45, 2.75) is 26.5 Å². The number of hydrogen-bond acceptors (Lipinski definition) is 5. The van der Waals surface area contributed by atoms with Gasteiger partial charge in [-0.15, -0.1) is 11.3 Å². The summed E-state index contributed by atoms with van der Waals surface area (Å²) in [5, 5.41) is 4.69. The van der Waals surface area contributed by atoms with Crippen LogP contribution in [0.25, 0.3) is 10.8 Å². The van der Waals surface area contributed by atoms with Crippen LogP contribution in [0.5, 0.6) is 5.75 Å². The average molecular weight is 378 g/mol. The van der Waals surface area contributed by atoms with Gasteiger partial charge in [0.1, 0.15) is 11.5 Å². The second kappa shape index (κ2) is 7.65. The number of amides is 1. The van der Waals surface area contributed by atoms with Gasteiger partial charge in [0.15, 0.2) is 5.69 Å². The van der Waals surface area contributed by atoms with Crippen molar-refractivity contribution >= 4 is 17.2 Å². The van der Waals surface area contributed by atoms with Crippen LogP contribution in [0, 0.1) is 6.92 Å². The standard InChI is InChI=1S/C18H16F2N2O3S/c1-10(12-5-3-6-13(9-12)25-18(19)20)21-16(23)15-11(2)24-17(22-15)14-7-4-8-26-14/h3-10,18H,1-2H3,(H,21,23). The van der Waals surface area contributed by atoms with Gasteiger partial charge in [-0.1, -0.05) is 18.2 Å². The Morgan fingerprint density at radius 1 is 1.31 bits per heavy atom. The van der Waals surface area contributed by atoms with E-state index in [0.29, 0.717) is 17.2 Å². The van der Waals surface area contributed by atoms with Crippen LogP contribution < -0.4 is 10.1 Å². The van der Waals surface area contributed by atoms with Gasteiger partial charge in [0.25, 0.3) is 5.91 Å². The fourth-order valence-electron chi connectivity index (χ4n) is 2.42. The number of halogens is 2. The molecule has 0 aliphatic rings. The SMILES string of the molecule is Cc1oc(-c2cccs2)nc1C(=O)NC(C)c1cccc(OC(F)F)c1. The molecule has 5 nitrogen and oxygen atoms in total. The lowest BCUT2D eigenvalue weighted by molar-refractivity contribution is -0.0499. The highest BCUT2D eigenvalue weighted by molar-refractivity contribution is 7.13. The Labute approximate surface area is 152 Å². The number of carbonyl (C=O) groups is 1. The third kappa shape index (κ3) is 4.08. The molecule has 0 fully saturated rings. The molecule has 136 valence electrons. The summed E-state index contributed by atoms with van der Waals surface area (Å²) in [5.41, 5.74) is 0.830. The molecule has 1 unspecified atom stereocenters. The molecule has 1 atom stereocenters. The van der Waals surface area contributed by atoms with Crippen LogP contribution in [0.4, 0.5) is 8.78 Å². The topological polar surface area (TPSA) is 64.4 Å². The lowest BCUT2D eigenvalue weighted by Gasteiger charge is -2.15. The second-order valence-electron chi connectivity index (χ2n) is 5.55. The molecule has 0 bridgehead atoms. The van der Waals surface area contributed by atoms with E-state index in [1.54, 1.807) is 26.0 Å². The van der Waals surface area contributed by atoms with Crippen molar-refractivity contribution in [1.82, 2.24) is 10.3 Å². The van der Waals surface area contributed by atoms with E-state index in [2.05, 4.69) is 15.0 Å². The Bertz CT molecular complexity index is 894. The number of nitrogens with zero attached hydrogens (tertiary/aromatic N) is 1. The minimum Gasteiger partial charge on any atom is -0.440 e. The highest BCUT2D eigenvalue weighted by Crippen LogP contribution is 2.26. The Balaban J connectivity index is 1.74. The predicted molar refractivity (Wildman–Crippen MR) is 93.5 cm³/mol. The number of alkyl halides is 2. The van der Waals surface area contributed by atoms with Gasteiger partial charge in [-0.3, -0.25) is 4.79 Å². The summed E-state index contributed by atoms with van der Waals surface area (Å²) < 4.78 is 34.6. The summed E-state index contributed by atoms with van der Waals surface area (Å²) in [6, 6.07) is 9.50. The number of rotatable bonds is 6. The van der Waals surface area contributed by atoms with Crippen LogP contribution in [-0.2, 0) is 0 Å². The fraction of sp³-hybridized carbons (Fsp3) is 0.222. The number of benzene rings is 1. The van der Waals surface area contributed by atoms with Crippen molar-refractivity contribution in [3.05, 3.63) is 58.8 Å². The molecule has 1 aromatic carbocycles. The number of ether oxygens (including phenoxy) is 1. The lowest BCUT2D eigenvalue weighted by atomic mass is 10.1. The highest BCUT2D eigenvalue weighted by atomic mass is 32.1. The van der Waals surface area contributed by atoms with Crippen LogP contribution in [-0.4, -0.2) is 17.5 Å². The Morgan fingerprint density at radius 3 is 2.81 bits per heavy atom. The molecule has 0 radical (unpaired) electrons. The third-order valence-electron chi connectivity index (χ3n) is 3.67. The van der Waals surface area contributed by atoms with Gasteiger partial charge in [-0.25, -0.2) is 4.98 Å². The maximum Gasteiger partial charge on any atom is 0.387 e. The number of carbonyl (C=O) groups excluding carboxylic acids is 1. The largest absolute Gasteiger partial charge is 0.440 e. The first kappa shape index (κ1) is 18.1. The van der Waals surface area contributed by atoms with Gasteiger partial charge in [-0.05, 0) is 43.0 Å². The van der Waals surface area contributed by atoms with Gasteiger partial charge >= 0.3 is 6.61 Å². The smallest absolute Gasteiger partial charge is 0.387 e. The van der Waals surface area contributed by atoms with E-state index < -0.39 is 18.6 Å². The van der Waals surface area contributed by atoms with Crippen LogP contribution in [0.1, 0.15) is 34.8 Å². The molecule has 8 heteroatoms. The minimum absolute atomic E-state index is 0.0381. The van der Waals surface area contributed by atoms with Gasteiger partial charge in [0.05, 0.1) is 10.9 Å². The Hall–Kier alpha value is -2.74. The third-order valence-corrected chi connectivity index (χ3v) is 4.53. The zero-order valence-corrected chi connectivity index (χ0v) is 14.8. The normalized spacial score (nSPS) is 12.2. The van der Waals surface area contributed by atoms with Gasteiger partial charge in [0, 0.05) is 0 Å². The summed E-state index contributed by atoms with van der Waals surface area (Å²) in [7, 11) is 0. The maximum absolute atomic E-state index is 12.5. The van der Waals surface area contributed by atoms with E-state index in [1.165, 1.54) is 23.5 Å². The maximum atomic E-state index is 12.5. The number of aromatic nitrogens is 1. The molecular formula is C18H16F2N2O3S. The Morgan fingerprint density at radius 2 is 2.12 bits per heavy atom. The van der Waals surface area contributed by atoms with Crippen LogP contribution in [0.3, 0.4) is 0 Å². The van der Waals surface area contributed by atoms with E-state index in [-0.39, 0.29) is 11.4 Å². The quantitative estimate of drug-likeness (QED) is 0.669. The molecule has 0 aliphatic heterocycles. The number of nitrogens with one attached hydrogen (secondary N) is 1. The number of aryl methyl sites for hydroxylation is 1. The van der Waals surface area contributed by atoms with Gasteiger partial charge < -0.3 is 14.5 Å². The average Bonchev–Trinajstić information content (AvgIpc) is 3.23. The summed E-state index contributed by atoms with van der Waals surface area (Å²) in [6.07, 6.45) is 0. The number of thiophene rings is 1. The molecule has 3 aromatic rings. The summed E-state index contributed by atoms with van der Waals surface area (Å²) >= 11 is 1.46. The van der Waals surface area contributed by atoms with Crippen molar-refractivity contribution < 1.29 is 22.7 Å². The van der Waals surface area contributed by atoms with Crippen molar-refractivity contribution in [3.63, 3.8) is 0 Å². The minimum atomic E-state index is -2.90. The van der Waals surface area contributed by atoms with E-state index in [4.69, 9.17) is 4.42 Å². The van der Waals surface area contributed by atoms with Crippen molar-refractivity contribution in [3.8, 4) is 16.5 Å². The van der Waals surface area contributed by atoms with Crippen molar-refractivity contribution in [2.75, 3.05) is 0 Å². The summed E-state index contributed by atoms with van der Waals surface area (Å²) in [4.78, 5) is 17.6. The molecule has 26 heavy (non-hydrogen) atoms. The van der Waals surface area contributed by atoms with E-state index >= 15 is 0 Å². The fourth-order valence-corrected chi connectivity index (χ4v) is 3.07. The molecule has 3 rings (SSSR count). The first-order chi connectivity index (χ1) is 12.4. The molecular weight excluding hydrogens is 362 g/mol. The van der Waals surface area contributed by atoms with E-state index in [1.807, 2.05) is 17.5 Å². The van der Waals surface area contributed by atoms with E-state index in [9.17, 15) is 13.6 Å². The van der Waals surface area contributed by atoms with Crippen LogP contribution >= 0.6 is 11.3 Å². The van der Waals surface area contributed by atoms with Gasteiger partial charge in [-0.2, -0.15) is 8.78 Å². The first-order valence-electron chi connectivity index (χ1n) is 7.81. The molecule has 0 saturated heterocycles. The monoisotopic (exact) mass is 378 g/mol. The number of hydrogen-bond donors (Lipinski definition) is 1. The highest BCUT2D eigenvalue weighted by Gasteiger charge is 2.20. The molecule has 2 aromatic heterocycles. The number of oxazole rings is 1. The van der Waals surface area contributed by atoms with Crippen molar-refractivity contribution in [2.24, 2.45) is 0 Å². The van der Waals surface area contributed by atoms with E-state index in [0.717, 1.165) is 4.88 Å². The van der Waals surface area contributed by atoms with Crippen LogP contribution in [0.15, 0.2) is 46.2 Å². The lowest BCUT2D eigenvalue weighted by Crippen LogP contribution is -2.27. The zero-order valence-electron chi connectivity index (χ0n) is 14.0. The molecule has 1 N–H and O–H groups in total. The summed E-state index contributed by atoms with van der Waals surface area (Å²) in [5.74, 6) is 0.438. The molecule has 0 saturated carbocycles. The van der Waals surface area contributed by atoms with Crippen LogP contribution in [0.2, 0.25) is 0 Å². The molecule has 0 aliphatic carbocycles. The Kier molecular flexibility index (Phi) is 5.32. The van der Waals surface area contributed by atoms with Gasteiger partial charge in [0.2, 0.25) is 5.89 Å². The first-order valence-corrected chi connectivity index (χ1v) is 8.69.